The van der Waals surface area contributed by atoms with Crippen molar-refractivity contribution in [3.63, 3.8) is 0 Å². The number of nitrogens with one attached hydrogen (secondary N) is 1. The van der Waals surface area contributed by atoms with E-state index in [1.54, 1.807) is 7.11 Å². The largest absolute Gasteiger partial charge is 0.380 e. The highest BCUT2D eigenvalue weighted by Crippen LogP contribution is 2.22. The van der Waals surface area contributed by atoms with Crippen LogP contribution >= 0.6 is 0 Å². The van der Waals surface area contributed by atoms with Gasteiger partial charge in [-0.05, 0) is 62.8 Å². The minimum absolute atomic E-state index is 0.0224. The van der Waals surface area contributed by atoms with Gasteiger partial charge in [0, 0.05) is 38.0 Å². The van der Waals surface area contributed by atoms with Gasteiger partial charge in [-0.3, -0.25) is 4.79 Å². The van der Waals surface area contributed by atoms with Crippen molar-refractivity contribution in [2.24, 2.45) is 0 Å². The zero-order chi connectivity index (χ0) is 16.8. The summed E-state index contributed by atoms with van der Waals surface area (Å²) in [5.41, 5.74) is 3.40. The number of carbonyl (C=O) groups excluding carboxylic acids is 1. The molecule has 1 saturated heterocycles. The maximum absolute atomic E-state index is 12.3. The third-order valence-corrected chi connectivity index (χ3v) is 5.09. The van der Waals surface area contributed by atoms with Gasteiger partial charge in [0.05, 0.1) is 6.10 Å². The monoisotopic (exact) mass is 328 g/mol. The zero-order valence-corrected chi connectivity index (χ0v) is 14.6. The predicted molar refractivity (Wildman–Crippen MR) is 97.6 cm³/mol. The van der Waals surface area contributed by atoms with Gasteiger partial charge in [-0.2, -0.15) is 0 Å². The molecule has 0 aromatic heterocycles. The first-order valence-electron chi connectivity index (χ1n) is 9.10. The van der Waals surface area contributed by atoms with Gasteiger partial charge >= 0.3 is 0 Å². The van der Waals surface area contributed by atoms with Crippen LogP contribution in [-0.4, -0.2) is 38.8 Å². The summed E-state index contributed by atoms with van der Waals surface area (Å²) in [5.74, 6) is 0.0224. The van der Waals surface area contributed by atoms with E-state index in [9.17, 15) is 4.79 Å². The van der Waals surface area contributed by atoms with Gasteiger partial charge in [-0.25, -0.2) is 0 Å². The van der Waals surface area contributed by atoms with Gasteiger partial charge in [0.1, 0.15) is 0 Å². The molecular weight excluding hydrogens is 300 g/mol. The summed E-state index contributed by atoms with van der Waals surface area (Å²) >= 11 is 0. The average Bonchev–Trinajstić information content (AvgIpc) is 3.12. The fraction of sp³-hybridized carbons (Fsp3) is 0.550. The van der Waals surface area contributed by atoms with Crippen LogP contribution in [0.3, 0.4) is 0 Å². The maximum atomic E-state index is 12.3. The van der Waals surface area contributed by atoms with E-state index in [4.69, 9.17) is 4.74 Å². The number of nitrogens with zero attached hydrogens (tertiary/aromatic N) is 1. The lowest BCUT2D eigenvalue weighted by Crippen LogP contribution is -2.25. The molecule has 1 aromatic carbocycles. The molecule has 0 bridgehead atoms. The lowest BCUT2D eigenvalue weighted by Gasteiger charge is -2.18. The van der Waals surface area contributed by atoms with Crippen LogP contribution in [0.15, 0.2) is 35.9 Å². The van der Waals surface area contributed by atoms with Crippen LogP contribution < -0.4 is 10.2 Å². The van der Waals surface area contributed by atoms with Gasteiger partial charge in [-0.1, -0.05) is 11.6 Å². The molecule has 130 valence electrons. The second kappa shape index (κ2) is 8.34. The van der Waals surface area contributed by atoms with Crippen LogP contribution in [0.2, 0.25) is 0 Å². The Bertz CT molecular complexity index is 580. The molecule has 1 amide bonds. The fourth-order valence-electron chi connectivity index (χ4n) is 3.55. The predicted octanol–water partition coefficient (Wildman–Crippen LogP) is 3.53. The topological polar surface area (TPSA) is 41.6 Å². The maximum Gasteiger partial charge on any atom is 0.251 e. The number of methoxy groups -OCH3 is 1. The SMILES string of the molecule is CO[C@@H]1CCN(c2ccc(C(=O)NCCC3=CCCCC3)cc2)C1. The molecule has 3 rings (SSSR count). The zero-order valence-electron chi connectivity index (χ0n) is 14.6. The van der Waals surface area contributed by atoms with Crippen LogP contribution in [0, 0.1) is 0 Å². The molecule has 1 fully saturated rings. The van der Waals surface area contributed by atoms with Gasteiger partial charge in [0.15, 0.2) is 0 Å². The van der Waals surface area contributed by atoms with Crippen molar-refractivity contribution in [2.45, 2.75) is 44.6 Å². The third-order valence-electron chi connectivity index (χ3n) is 5.09. The van der Waals surface area contributed by atoms with E-state index in [0.717, 1.165) is 38.0 Å². The summed E-state index contributed by atoms with van der Waals surface area (Å²) in [6, 6.07) is 7.92. The molecule has 1 aromatic rings. The molecule has 4 nitrogen and oxygen atoms in total. The fourth-order valence-corrected chi connectivity index (χ4v) is 3.55. The summed E-state index contributed by atoms with van der Waals surface area (Å²) in [4.78, 5) is 14.6. The molecule has 0 unspecified atom stereocenters. The smallest absolute Gasteiger partial charge is 0.251 e. The van der Waals surface area contributed by atoms with Crippen molar-refractivity contribution in [2.75, 3.05) is 31.6 Å². The van der Waals surface area contributed by atoms with Gasteiger partial charge in [0.25, 0.3) is 5.91 Å². The minimum Gasteiger partial charge on any atom is -0.380 e. The number of rotatable bonds is 6. The van der Waals surface area contributed by atoms with Crippen LogP contribution in [-0.2, 0) is 4.74 Å². The molecule has 4 heteroatoms. The van der Waals surface area contributed by atoms with E-state index in [1.165, 1.54) is 36.9 Å². The van der Waals surface area contributed by atoms with E-state index in [2.05, 4.69) is 16.3 Å². The molecule has 0 radical (unpaired) electrons. The highest BCUT2D eigenvalue weighted by molar-refractivity contribution is 5.94. The second-order valence-electron chi connectivity index (χ2n) is 6.75. The standard InChI is InChI=1S/C20H28N2O2/c1-24-19-12-14-22(15-19)18-9-7-17(8-10-18)20(23)21-13-11-16-5-3-2-4-6-16/h5,7-10,19H,2-4,6,11-15H2,1H3,(H,21,23)/t19-/m1/s1. The molecule has 24 heavy (non-hydrogen) atoms. The Labute approximate surface area is 144 Å². The van der Waals surface area contributed by atoms with Crippen LogP contribution in [0.4, 0.5) is 5.69 Å². The van der Waals surface area contributed by atoms with Gasteiger partial charge < -0.3 is 15.0 Å². The molecule has 0 saturated carbocycles. The van der Waals surface area contributed by atoms with Gasteiger partial charge in [-0.15, -0.1) is 0 Å². The van der Waals surface area contributed by atoms with Crippen molar-refractivity contribution in [1.82, 2.24) is 5.32 Å². The van der Waals surface area contributed by atoms with Crippen LogP contribution in [0.1, 0.15) is 48.9 Å². The molecule has 2 aliphatic rings. The highest BCUT2D eigenvalue weighted by Gasteiger charge is 2.22. The number of amides is 1. The molecular formula is C20H28N2O2. The normalized spacial score (nSPS) is 20.8. The number of ether oxygens (including phenoxy) is 1. The van der Waals surface area contributed by atoms with E-state index >= 15 is 0 Å². The van der Waals surface area contributed by atoms with Crippen molar-refractivity contribution in [3.8, 4) is 0 Å². The minimum atomic E-state index is 0.0224. The summed E-state index contributed by atoms with van der Waals surface area (Å²) < 4.78 is 5.41. The number of hydrogen-bond acceptors (Lipinski definition) is 3. The Balaban J connectivity index is 1.48. The Morgan fingerprint density at radius 2 is 2.12 bits per heavy atom. The highest BCUT2D eigenvalue weighted by atomic mass is 16.5. The lowest BCUT2D eigenvalue weighted by molar-refractivity contribution is 0.0954. The van der Waals surface area contributed by atoms with Crippen molar-refractivity contribution < 1.29 is 9.53 Å². The number of benzene rings is 1. The molecule has 1 N–H and O–H groups in total. The van der Waals surface area contributed by atoms with Crippen LogP contribution in [0.25, 0.3) is 0 Å². The van der Waals surface area contributed by atoms with Gasteiger partial charge in [0.2, 0.25) is 0 Å². The van der Waals surface area contributed by atoms with Crippen molar-refractivity contribution in [3.05, 3.63) is 41.5 Å². The third kappa shape index (κ3) is 4.38. The Morgan fingerprint density at radius 1 is 1.29 bits per heavy atom. The first kappa shape index (κ1) is 17.0. The summed E-state index contributed by atoms with van der Waals surface area (Å²) in [7, 11) is 1.77. The van der Waals surface area contributed by atoms with Crippen molar-refractivity contribution in [1.29, 1.82) is 0 Å². The second-order valence-corrected chi connectivity index (χ2v) is 6.75. The van der Waals surface area contributed by atoms with Crippen molar-refractivity contribution >= 4 is 11.6 Å². The lowest BCUT2D eigenvalue weighted by atomic mass is 9.97. The number of hydrogen-bond donors (Lipinski definition) is 1. The Kier molecular flexibility index (Phi) is 5.91. The molecule has 1 atom stereocenters. The average molecular weight is 328 g/mol. The van der Waals surface area contributed by atoms with E-state index < -0.39 is 0 Å². The van der Waals surface area contributed by atoms with E-state index in [1.807, 2.05) is 24.3 Å². The van der Waals surface area contributed by atoms with E-state index in [0.29, 0.717) is 6.10 Å². The quantitative estimate of drug-likeness (QED) is 0.812. The first-order valence-corrected chi connectivity index (χ1v) is 9.10. The molecule has 0 spiro atoms. The number of allylic oxidation sites excluding steroid dienone is 1. The number of carbonyl (C=O) groups is 1. The Hall–Kier alpha value is -1.81. The first-order chi connectivity index (χ1) is 11.8. The Morgan fingerprint density at radius 3 is 2.79 bits per heavy atom. The summed E-state index contributed by atoms with van der Waals surface area (Å²) in [6.45, 7) is 2.67. The van der Waals surface area contributed by atoms with Crippen LogP contribution in [0.5, 0.6) is 0 Å². The molecule has 1 aliphatic carbocycles. The number of anilines is 1. The molecule has 1 heterocycles. The van der Waals surface area contributed by atoms with E-state index in [-0.39, 0.29) is 5.91 Å². The summed E-state index contributed by atoms with van der Waals surface area (Å²) in [5, 5.41) is 3.04. The summed E-state index contributed by atoms with van der Waals surface area (Å²) in [6.07, 6.45) is 9.71. The molecule has 1 aliphatic heterocycles.